The Kier molecular flexibility index (Phi) is 4.07. The van der Waals surface area contributed by atoms with Gasteiger partial charge in [0.2, 0.25) is 0 Å². The second-order valence-corrected chi connectivity index (χ2v) is 4.62. The minimum absolute atomic E-state index is 0.195. The average Bonchev–Trinajstić information content (AvgIpc) is 2.32. The van der Waals surface area contributed by atoms with Crippen molar-refractivity contribution in [2.24, 2.45) is 0 Å². The van der Waals surface area contributed by atoms with Crippen LogP contribution in [0.4, 0.5) is 8.78 Å². The maximum atomic E-state index is 13.3. The SMILES string of the molecule is OC1CCC(NCc2cc(F)ccc2F)CC1. The molecule has 1 saturated carbocycles. The molecule has 1 aromatic rings. The van der Waals surface area contributed by atoms with Crippen molar-refractivity contribution in [2.45, 2.75) is 44.4 Å². The van der Waals surface area contributed by atoms with Crippen LogP contribution < -0.4 is 5.32 Å². The van der Waals surface area contributed by atoms with E-state index in [0.29, 0.717) is 18.2 Å². The van der Waals surface area contributed by atoms with Crippen LogP contribution >= 0.6 is 0 Å². The van der Waals surface area contributed by atoms with Gasteiger partial charge in [0.05, 0.1) is 6.10 Å². The minimum Gasteiger partial charge on any atom is -0.393 e. The van der Waals surface area contributed by atoms with Gasteiger partial charge in [0.1, 0.15) is 11.6 Å². The van der Waals surface area contributed by atoms with E-state index in [9.17, 15) is 13.9 Å². The van der Waals surface area contributed by atoms with Gasteiger partial charge in [-0.2, -0.15) is 0 Å². The lowest BCUT2D eigenvalue weighted by molar-refractivity contribution is 0.116. The van der Waals surface area contributed by atoms with E-state index < -0.39 is 5.82 Å². The molecule has 4 heteroatoms. The van der Waals surface area contributed by atoms with Crippen LogP contribution in [0.15, 0.2) is 18.2 Å². The largest absolute Gasteiger partial charge is 0.393 e. The Morgan fingerprint density at radius 2 is 1.88 bits per heavy atom. The summed E-state index contributed by atoms with van der Waals surface area (Å²) in [4.78, 5) is 0. The number of nitrogens with one attached hydrogen (secondary N) is 1. The lowest BCUT2D eigenvalue weighted by Gasteiger charge is -2.26. The molecule has 2 rings (SSSR count). The summed E-state index contributed by atoms with van der Waals surface area (Å²) in [7, 11) is 0. The highest BCUT2D eigenvalue weighted by molar-refractivity contribution is 5.18. The second kappa shape index (κ2) is 5.56. The summed E-state index contributed by atoms with van der Waals surface area (Å²) in [5.41, 5.74) is 0.358. The number of hydrogen-bond donors (Lipinski definition) is 2. The van der Waals surface area contributed by atoms with Gasteiger partial charge in [0.25, 0.3) is 0 Å². The predicted octanol–water partition coefficient (Wildman–Crippen LogP) is 2.36. The van der Waals surface area contributed by atoms with Crippen molar-refractivity contribution in [3.05, 3.63) is 35.4 Å². The van der Waals surface area contributed by atoms with E-state index in [2.05, 4.69) is 5.32 Å². The third-order valence-electron chi connectivity index (χ3n) is 3.29. The maximum Gasteiger partial charge on any atom is 0.127 e. The van der Waals surface area contributed by atoms with E-state index in [0.717, 1.165) is 37.8 Å². The smallest absolute Gasteiger partial charge is 0.127 e. The molecule has 0 aliphatic heterocycles. The summed E-state index contributed by atoms with van der Waals surface area (Å²) in [5.74, 6) is -0.794. The molecule has 2 N–H and O–H groups in total. The third kappa shape index (κ3) is 3.48. The molecular formula is C13H17F2NO. The lowest BCUT2D eigenvalue weighted by atomic mass is 9.93. The highest BCUT2D eigenvalue weighted by Crippen LogP contribution is 2.19. The van der Waals surface area contributed by atoms with E-state index >= 15 is 0 Å². The summed E-state index contributed by atoms with van der Waals surface area (Å²) >= 11 is 0. The number of aliphatic hydroxyl groups is 1. The van der Waals surface area contributed by atoms with E-state index in [1.165, 1.54) is 6.07 Å². The summed E-state index contributed by atoms with van der Waals surface area (Å²) < 4.78 is 26.3. The van der Waals surface area contributed by atoms with Crippen LogP contribution in [0, 0.1) is 11.6 Å². The Morgan fingerprint density at radius 3 is 2.59 bits per heavy atom. The Hall–Kier alpha value is -1.00. The van der Waals surface area contributed by atoms with E-state index in [1.54, 1.807) is 0 Å². The second-order valence-electron chi connectivity index (χ2n) is 4.62. The monoisotopic (exact) mass is 241 g/mol. The van der Waals surface area contributed by atoms with Crippen molar-refractivity contribution in [2.75, 3.05) is 0 Å². The molecule has 1 aromatic carbocycles. The molecule has 1 fully saturated rings. The summed E-state index contributed by atoms with van der Waals surface area (Å²) in [6.07, 6.45) is 3.14. The molecule has 0 amide bonds. The van der Waals surface area contributed by atoms with Crippen molar-refractivity contribution in [1.29, 1.82) is 0 Å². The summed E-state index contributed by atoms with van der Waals surface area (Å²) in [6.45, 7) is 0.338. The molecule has 0 aromatic heterocycles. The van der Waals surface area contributed by atoms with Gasteiger partial charge in [-0.15, -0.1) is 0 Å². The van der Waals surface area contributed by atoms with Crippen LogP contribution in [0.1, 0.15) is 31.2 Å². The van der Waals surface area contributed by atoms with Crippen molar-refractivity contribution >= 4 is 0 Å². The minimum atomic E-state index is -0.415. The molecule has 0 atom stereocenters. The first-order chi connectivity index (χ1) is 8.15. The molecule has 17 heavy (non-hydrogen) atoms. The molecule has 0 unspecified atom stereocenters. The first-order valence-electron chi connectivity index (χ1n) is 6.00. The Bertz CT molecular complexity index is 376. The quantitative estimate of drug-likeness (QED) is 0.851. The van der Waals surface area contributed by atoms with Crippen molar-refractivity contribution in [3.63, 3.8) is 0 Å². The highest BCUT2D eigenvalue weighted by Gasteiger charge is 2.19. The molecule has 94 valence electrons. The Labute approximate surface area is 99.7 Å². The van der Waals surface area contributed by atoms with Gasteiger partial charge in [0, 0.05) is 18.2 Å². The van der Waals surface area contributed by atoms with Gasteiger partial charge in [-0.1, -0.05) is 0 Å². The Balaban J connectivity index is 1.87. The van der Waals surface area contributed by atoms with Crippen molar-refractivity contribution in [1.82, 2.24) is 5.32 Å². The molecule has 0 heterocycles. The molecule has 0 spiro atoms. The fourth-order valence-electron chi connectivity index (χ4n) is 2.21. The molecular weight excluding hydrogens is 224 g/mol. The number of halogens is 2. The topological polar surface area (TPSA) is 32.3 Å². The van der Waals surface area contributed by atoms with Crippen LogP contribution in [-0.4, -0.2) is 17.3 Å². The first kappa shape index (κ1) is 12.5. The summed E-state index contributed by atoms with van der Waals surface area (Å²) in [6, 6.07) is 3.79. The van der Waals surface area contributed by atoms with E-state index in [-0.39, 0.29) is 11.9 Å². The zero-order valence-corrected chi connectivity index (χ0v) is 9.63. The van der Waals surface area contributed by atoms with E-state index in [1.807, 2.05) is 0 Å². The van der Waals surface area contributed by atoms with Crippen LogP contribution in [0.5, 0.6) is 0 Å². The number of aliphatic hydroxyl groups excluding tert-OH is 1. The zero-order valence-electron chi connectivity index (χ0n) is 9.63. The van der Waals surface area contributed by atoms with Crippen LogP contribution in [0.2, 0.25) is 0 Å². The third-order valence-corrected chi connectivity index (χ3v) is 3.29. The predicted molar refractivity (Wildman–Crippen MR) is 61.5 cm³/mol. The zero-order chi connectivity index (χ0) is 12.3. The van der Waals surface area contributed by atoms with Crippen LogP contribution in [-0.2, 0) is 6.54 Å². The maximum absolute atomic E-state index is 13.3. The van der Waals surface area contributed by atoms with E-state index in [4.69, 9.17) is 0 Å². The molecule has 2 nitrogen and oxygen atoms in total. The van der Waals surface area contributed by atoms with Gasteiger partial charge in [-0.3, -0.25) is 0 Å². The van der Waals surface area contributed by atoms with Gasteiger partial charge in [0.15, 0.2) is 0 Å². The number of rotatable bonds is 3. The van der Waals surface area contributed by atoms with Gasteiger partial charge in [-0.25, -0.2) is 8.78 Å². The summed E-state index contributed by atoms with van der Waals surface area (Å²) in [5, 5.41) is 12.6. The van der Waals surface area contributed by atoms with Gasteiger partial charge >= 0.3 is 0 Å². The Morgan fingerprint density at radius 1 is 1.18 bits per heavy atom. The van der Waals surface area contributed by atoms with Gasteiger partial charge < -0.3 is 10.4 Å². The lowest BCUT2D eigenvalue weighted by Crippen LogP contribution is -2.34. The first-order valence-corrected chi connectivity index (χ1v) is 6.00. The van der Waals surface area contributed by atoms with Crippen LogP contribution in [0.3, 0.4) is 0 Å². The normalized spacial score (nSPS) is 24.9. The van der Waals surface area contributed by atoms with Crippen molar-refractivity contribution < 1.29 is 13.9 Å². The average molecular weight is 241 g/mol. The highest BCUT2D eigenvalue weighted by atomic mass is 19.1. The standard InChI is InChI=1S/C13H17F2NO/c14-10-1-6-13(15)9(7-10)8-16-11-2-4-12(17)5-3-11/h1,6-7,11-12,16-17H,2-5,8H2. The van der Waals surface area contributed by atoms with Gasteiger partial charge in [-0.05, 0) is 43.9 Å². The fraction of sp³-hybridized carbons (Fsp3) is 0.538. The number of benzene rings is 1. The van der Waals surface area contributed by atoms with Crippen molar-refractivity contribution in [3.8, 4) is 0 Å². The molecule has 1 aliphatic carbocycles. The molecule has 0 bridgehead atoms. The molecule has 0 radical (unpaired) electrons. The number of hydrogen-bond acceptors (Lipinski definition) is 2. The fourth-order valence-corrected chi connectivity index (χ4v) is 2.21. The molecule has 1 aliphatic rings. The van der Waals surface area contributed by atoms with Crippen LogP contribution in [0.25, 0.3) is 0 Å². The molecule has 0 saturated heterocycles.